The molecule has 4 heteroatoms. The Kier molecular flexibility index (Phi) is 2.63. The van der Waals surface area contributed by atoms with E-state index < -0.39 is 0 Å². The van der Waals surface area contributed by atoms with Crippen LogP contribution < -0.4 is 4.74 Å². The van der Waals surface area contributed by atoms with Crippen molar-refractivity contribution in [3.63, 3.8) is 0 Å². The summed E-state index contributed by atoms with van der Waals surface area (Å²) in [5.74, 6) is 0.727. The number of rotatable bonds is 1. The number of ether oxygens (including phenoxy) is 1. The largest absolute Gasteiger partial charge is 0.508 e. The van der Waals surface area contributed by atoms with Gasteiger partial charge < -0.3 is 20.4 Å². The van der Waals surface area contributed by atoms with E-state index in [1.165, 1.54) is 6.07 Å². The van der Waals surface area contributed by atoms with Gasteiger partial charge in [0.25, 0.3) is 0 Å². The second-order valence-corrected chi connectivity index (χ2v) is 4.55. The molecule has 0 fully saturated rings. The van der Waals surface area contributed by atoms with Gasteiger partial charge in [0.05, 0.1) is 11.6 Å². The zero-order valence-electron chi connectivity index (χ0n) is 10.1. The lowest BCUT2D eigenvalue weighted by molar-refractivity contribution is 0.300. The Morgan fingerprint density at radius 2 is 1.68 bits per heavy atom. The lowest BCUT2D eigenvalue weighted by Gasteiger charge is -2.26. The Balaban J connectivity index is 1.97. The molecule has 1 unspecified atom stereocenters. The highest BCUT2D eigenvalue weighted by molar-refractivity contribution is 6.06. The van der Waals surface area contributed by atoms with Crippen LogP contribution in [0.2, 0.25) is 0 Å². The van der Waals surface area contributed by atoms with E-state index in [9.17, 15) is 10.2 Å². The van der Waals surface area contributed by atoms with Crippen molar-refractivity contribution < 1.29 is 14.9 Å². The standard InChI is InChI=1S/C15H13NO3/c16-15-12-6-5-11(18)7-14(12)19-8-13(15)9-1-3-10(17)4-2-9/h1-7,13,16-18H,8H2. The van der Waals surface area contributed by atoms with Gasteiger partial charge in [0.1, 0.15) is 23.9 Å². The number of hydrogen-bond acceptors (Lipinski definition) is 4. The molecule has 0 spiro atoms. The molecule has 0 saturated heterocycles. The molecule has 2 aromatic carbocycles. The van der Waals surface area contributed by atoms with Crippen molar-refractivity contribution in [2.24, 2.45) is 0 Å². The summed E-state index contributed by atoms with van der Waals surface area (Å²) in [5, 5.41) is 27.0. The van der Waals surface area contributed by atoms with Crippen LogP contribution in [-0.2, 0) is 0 Å². The molecule has 19 heavy (non-hydrogen) atoms. The third kappa shape index (κ3) is 2.01. The number of aromatic hydroxyl groups is 2. The van der Waals surface area contributed by atoms with Crippen molar-refractivity contribution in [3.8, 4) is 17.2 Å². The first kappa shape index (κ1) is 11.6. The fourth-order valence-corrected chi connectivity index (χ4v) is 2.27. The van der Waals surface area contributed by atoms with Crippen LogP contribution in [0.25, 0.3) is 0 Å². The molecule has 1 aliphatic rings. The summed E-state index contributed by atoms with van der Waals surface area (Å²) < 4.78 is 5.61. The van der Waals surface area contributed by atoms with Crippen LogP contribution in [0.4, 0.5) is 0 Å². The van der Waals surface area contributed by atoms with Gasteiger partial charge in [-0.2, -0.15) is 0 Å². The summed E-state index contributed by atoms with van der Waals surface area (Å²) in [6.45, 7) is 0.361. The van der Waals surface area contributed by atoms with E-state index in [1.54, 1.807) is 36.4 Å². The van der Waals surface area contributed by atoms with E-state index in [-0.39, 0.29) is 17.4 Å². The zero-order valence-corrected chi connectivity index (χ0v) is 10.1. The van der Waals surface area contributed by atoms with Crippen LogP contribution in [-0.4, -0.2) is 22.5 Å². The molecule has 0 aromatic heterocycles. The topological polar surface area (TPSA) is 73.5 Å². The predicted octanol–water partition coefficient (Wildman–Crippen LogP) is 2.64. The summed E-state index contributed by atoms with van der Waals surface area (Å²) in [6.07, 6.45) is 0. The first-order valence-corrected chi connectivity index (χ1v) is 5.99. The first-order chi connectivity index (χ1) is 9.15. The Hall–Kier alpha value is -2.49. The molecule has 3 N–H and O–H groups in total. The summed E-state index contributed by atoms with van der Waals surface area (Å²) >= 11 is 0. The molecule has 1 aliphatic heterocycles. The van der Waals surface area contributed by atoms with Crippen LogP contribution in [0.1, 0.15) is 17.0 Å². The number of benzene rings is 2. The third-order valence-electron chi connectivity index (χ3n) is 3.30. The van der Waals surface area contributed by atoms with Gasteiger partial charge in [-0.3, -0.25) is 0 Å². The van der Waals surface area contributed by atoms with Crippen molar-refractivity contribution >= 4 is 5.71 Å². The minimum atomic E-state index is -0.155. The Labute approximate surface area is 110 Å². The van der Waals surface area contributed by atoms with Crippen LogP contribution in [0.3, 0.4) is 0 Å². The Morgan fingerprint density at radius 1 is 1.00 bits per heavy atom. The molecule has 0 aliphatic carbocycles. The molecule has 0 amide bonds. The molecule has 2 aromatic rings. The number of hydrogen-bond donors (Lipinski definition) is 3. The molecular formula is C15H13NO3. The van der Waals surface area contributed by atoms with Gasteiger partial charge in [0, 0.05) is 11.6 Å². The minimum Gasteiger partial charge on any atom is -0.508 e. The van der Waals surface area contributed by atoms with Crippen molar-refractivity contribution in [1.29, 1.82) is 5.41 Å². The highest BCUT2D eigenvalue weighted by atomic mass is 16.5. The van der Waals surface area contributed by atoms with Crippen molar-refractivity contribution in [1.82, 2.24) is 0 Å². The highest BCUT2D eigenvalue weighted by Crippen LogP contribution is 2.34. The van der Waals surface area contributed by atoms with Crippen LogP contribution in [0.5, 0.6) is 17.2 Å². The molecule has 3 rings (SSSR count). The van der Waals surface area contributed by atoms with Crippen molar-refractivity contribution in [3.05, 3.63) is 53.6 Å². The molecular weight excluding hydrogens is 242 g/mol. The van der Waals surface area contributed by atoms with Gasteiger partial charge >= 0.3 is 0 Å². The average Bonchev–Trinajstić information content (AvgIpc) is 2.40. The molecule has 0 radical (unpaired) electrons. The number of fused-ring (bicyclic) bond motifs is 1. The van der Waals surface area contributed by atoms with Crippen molar-refractivity contribution in [2.45, 2.75) is 5.92 Å². The molecule has 4 nitrogen and oxygen atoms in total. The monoisotopic (exact) mass is 255 g/mol. The van der Waals surface area contributed by atoms with E-state index in [4.69, 9.17) is 10.1 Å². The smallest absolute Gasteiger partial charge is 0.132 e. The summed E-state index contributed by atoms with van der Waals surface area (Å²) in [4.78, 5) is 0. The van der Waals surface area contributed by atoms with Crippen LogP contribution >= 0.6 is 0 Å². The molecule has 0 bridgehead atoms. The van der Waals surface area contributed by atoms with E-state index in [2.05, 4.69) is 0 Å². The van der Waals surface area contributed by atoms with Gasteiger partial charge in [-0.1, -0.05) is 12.1 Å². The van der Waals surface area contributed by atoms with Crippen LogP contribution in [0, 0.1) is 5.41 Å². The van der Waals surface area contributed by atoms with Crippen LogP contribution in [0.15, 0.2) is 42.5 Å². The van der Waals surface area contributed by atoms with Gasteiger partial charge in [-0.25, -0.2) is 0 Å². The molecule has 96 valence electrons. The minimum absolute atomic E-state index is 0.134. The van der Waals surface area contributed by atoms with Gasteiger partial charge in [-0.05, 0) is 29.8 Å². The zero-order chi connectivity index (χ0) is 13.4. The van der Waals surface area contributed by atoms with Gasteiger partial charge in [0.15, 0.2) is 0 Å². The maximum atomic E-state index is 9.41. The lowest BCUT2D eigenvalue weighted by atomic mass is 9.88. The molecule has 1 heterocycles. The summed E-state index contributed by atoms with van der Waals surface area (Å²) in [5.41, 5.74) is 2.09. The summed E-state index contributed by atoms with van der Waals surface area (Å²) in [6, 6.07) is 11.6. The fraction of sp³-hybridized carbons (Fsp3) is 0.133. The normalized spacial score (nSPS) is 17.7. The van der Waals surface area contributed by atoms with E-state index in [0.29, 0.717) is 23.6 Å². The van der Waals surface area contributed by atoms with E-state index >= 15 is 0 Å². The number of phenols is 2. The second kappa shape index (κ2) is 4.31. The van der Waals surface area contributed by atoms with Crippen molar-refractivity contribution in [2.75, 3.05) is 6.61 Å². The fourth-order valence-electron chi connectivity index (χ4n) is 2.27. The SMILES string of the molecule is N=C1c2ccc(O)cc2OCC1c1ccc(O)cc1. The molecule has 1 atom stereocenters. The van der Waals surface area contributed by atoms with Gasteiger partial charge in [0.2, 0.25) is 0 Å². The lowest BCUT2D eigenvalue weighted by Crippen LogP contribution is -2.25. The van der Waals surface area contributed by atoms with E-state index in [1.807, 2.05) is 0 Å². The average molecular weight is 255 g/mol. The van der Waals surface area contributed by atoms with E-state index in [0.717, 1.165) is 5.56 Å². The Bertz CT molecular complexity index is 634. The quantitative estimate of drug-likeness (QED) is 0.733. The number of nitrogens with one attached hydrogen (secondary N) is 1. The van der Waals surface area contributed by atoms with Gasteiger partial charge in [-0.15, -0.1) is 0 Å². The number of phenolic OH excluding ortho intramolecular Hbond substituents is 2. The predicted molar refractivity (Wildman–Crippen MR) is 71.3 cm³/mol. The first-order valence-electron chi connectivity index (χ1n) is 5.99. The maximum Gasteiger partial charge on any atom is 0.132 e. The summed E-state index contributed by atoms with van der Waals surface area (Å²) in [7, 11) is 0. The highest BCUT2D eigenvalue weighted by Gasteiger charge is 2.27. The third-order valence-corrected chi connectivity index (χ3v) is 3.30. The second-order valence-electron chi connectivity index (χ2n) is 4.55. The maximum absolute atomic E-state index is 9.41. The molecule has 0 saturated carbocycles. The Morgan fingerprint density at radius 3 is 2.42 bits per heavy atom.